The van der Waals surface area contributed by atoms with Crippen LogP contribution in [0.1, 0.15) is 28.1 Å². The highest BCUT2D eigenvalue weighted by molar-refractivity contribution is 9.11. The molecule has 3 nitrogen and oxygen atoms in total. The first-order chi connectivity index (χ1) is 7.29. The van der Waals surface area contributed by atoms with E-state index in [1.165, 1.54) is 17.6 Å². The van der Waals surface area contributed by atoms with Gasteiger partial charge in [0.25, 0.3) is 0 Å². The molecule has 90 valence electrons. The molecule has 0 bridgehead atoms. The first-order valence-electron chi connectivity index (χ1n) is 4.76. The molecule has 6 heteroatoms. The lowest BCUT2D eigenvalue weighted by molar-refractivity contribution is 0.0986. The minimum absolute atomic E-state index is 0.0162. The molecule has 0 amide bonds. The van der Waals surface area contributed by atoms with E-state index in [0.29, 0.717) is 17.7 Å². The van der Waals surface area contributed by atoms with E-state index in [1.807, 2.05) is 13.0 Å². The van der Waals surface area contributed by atoms with Crippen molar-refractivity contribution in [1.82, 2.24) is 0 Å². The molecule has 1 aromatic rings. The van der Waals surface area contributed by atoms with Crippen molar-refractivity contribution in [2.24, 2.45) is 0 Å². The Morgan fingerprint density at radius 1 is 1.50 bits per heavy atom. The van der Waals surface area contributed by atoms with Crippen LogP contribution in [0, 0.1) is 6.92 Å². The zero-order chi connectivity index (χ0) is 12.3. The summed E-state index contributed by atoms with van der Waals surface area (Å²) in [6.07, 6.45) is 1.87. The number of carbonyl (C=O) groups is 1. The van der Waals surface area contributed by atoms with Crippen LogP contribution in [0.2, 0.25) is 0 Å². The van der Waals surface area contributed by atoms with E-state index in [2.05, 4.69) is 15.9 Å². The predicted octanol–water partition coefficient (Wildman–Crippen LogP) is 2.83. The lowest BCUT2D eigenvalue weighted by atomic mass is 10.2. The number of hydrogen-bond acceptors (Lipinski definition) is 4. The van der Waals surface area contributed by atoms with Crippen LogP contribution in [0.15, 0.2) is 9.85 Å². The highest BCUT2D eigenvalue weighted by Gasteiger charge is 2.12. The number of Topliss-reactive ketones (excluding diaryl/α,β-unsaturated/α-hetero) is 1. The standard InChI is InChI=1S/C10H13BrO3S2/c1-7-6-9(15-10(7)11)8(12)4-3-5-16(2,13)14/h6H,3-5H2,1-2H3. The Hall–Kier alpha value is -0.200. The Morgan fingerprint density at radius 3 is 2.56 bits per heavy atom. The van der Waals surface area contributed by atoms with Gasteiger partial charge in [-0.05, 0) is 40.9 Å². The molecular formula is C10H13BrO3S2. The number of ketones is 1. The molecule has 0 fully saturated rings. The molecular weight excluding hydrogens is 312 g/mol. The molecule has 0 saturated carbocycles. The van der Waals surface area contributed by atoms with Crippen LogP contribution in [0.5, 0.6) is 0 Å². The average Bonchev–Trinajstić information content (AvgIpc) is 2.45. The van der Waals surface area contributed by atoms with Crippen molar-refractivity contribution in [3.8, 4) is 0 Å². The van der Waals surface area contributed by atoms with Crippen molar-refractivity contribution >= 4 is 42.9 Å². The van der Waals surface area contributed by atoms with Crippen LogP contribution in [0.3, 0.4) is 0 Å². The third kappa shape index (κ3) is 4.35. The quantitative estimate of drug-likeness (QED) is 0.782. The molecule has 0 aliphatic carbocycles. The molecule has 0 N–H and O–H groups in total. The van der Waals surface area contributed by atoms with Gasteiger partial charge >= 0.3 is 0 Å². The topological polar surface area (TPSA) is 51.2 Å². The largest absolute Gasteiger partial charge is 0.293 e. The Labute approximate surface area is 108 Å². The lowest BCUT2D eigenvalue weighted by Crippen LogP contribution is -2.05. The molecule has 0 aromatic carbocycles. The SMILES string of the molecule is Cc1cc(C(=O)CCCS(C)(=O)=O)sc1Br. The third-order valence-electron chi connectivity index (χ3n) is 2.05. The monoisotopic (exact) mass is 324 g/mol. The molecule has 16 heavy (non-hydrogen) atoms. The van der Waals surface area contributed by atoms with Crippen molar-refractivity contribution in [3.05, 3.63) is 20.3 Å². The summed E-state index contributed by atoms with van der Waals surface area (Å²) < 4.78 is 22.7. The Kier molecular flexibility index (Phi) is 4.70. The van der Waals surface area contributed by atoms with Crippen LogP contribution < -0.4 is 0 Å². The Morgan fingerprint density at radius 2 is 2.12 bits per heavy atom. The molecule has 0 aliphatic rings. The van der Waals surface area contributed by atoms with Gasteiger partial charge < -0.3 is 0 Å². The van der Waals surface area contributed by atoms with Crippen LogP contribution in [0.4, 0.5) is 0 Å². The lowest BCUT2D eigenvalue weighted by Gasteiger charge is -1.97. The second-order valence-corrected chi connectivity index (χ2v) is 8.35. The predicted molar refractivity (Wildman–Crippen MR) is 70.0 cm³/mol. The first-order valence-corrected chi connectivity index (χ1v) is 8.43. The third-order valence-corrected chi connectivity index (χ3v) is 5.26. The molecule has 1 rings (SSSR count). The Bertz CT molecular complexity index is 469. The van der Waals surface area contributed by atoms with Gasteiger partial charge in [0, 0.05) is 12.7 Å². The highest BCUT2D eigenvalue weighted by atomic mass is 79.9. The number of carbonyl (C=O) groups excluding carboxylic acids is 1. The van der Waals surface area contributed by atoms with Gasteiger partial charge in [-0.1, -0.05) is 0 Å². The smallest absolute Gasteiger partial charge is 0.172 e. The molecule has 1 aromatic heterocycles. The van der Waals surface area contributed by atoms with Crippen LogP contribution in [0.25, 0.3) is 0 Å². The maximum atomic E-state index is 11.7. The fraction of sp³-hybridized carbons (Fsp3) is 0.500. The second-order valence-electron chi connectivity index (χ2n) is 3.72. The van der Waals surface area contributed by atoms with Gasteiger partial charge in [0.1, 0.15) is 9.84 Å². The molecule has 0 unspecified atom stereocenters. The van der Waals surface area contributed by atoms with E-state index in [1.54, 1.807) is 0 Å². The number of halogens is 1. The van der Waals surface area contributed by atoms with Crippen molar-refractivity contribution in [2.45, 2.75) is 19.8 Å². The van der Waals surface area contributed by atoms with Crippen LogP contribution in [-0.2, 0) is 9.84 Å². The van der Waals surface area contributed by atoms with E-state index in [4.69, 9.17) is 0 Å². The van der Waals surface area contributed by atoms with E-state index < -0.39 is 9.84 Å². The van der Waals surface area contributed by atoms with Crippen LogP contribution in [-0.4, -0.2) is 26.2 Å². The van der Waals surface area contributed by atoms with Crippen LogP contribution >= 0.6 is 27.3 Å². The van der Waals surface area contributed by atoms with E-state index in [0.717, 1.165) is 9.35 Å². The van der Waals surface area contributed by atoms with Gasteiger partial charge in [-0.25, -0.2) is 8.42 Å². The summed E-state index contributed by atoms with van der Waals surface area (Å²) in [5, 5.41) is 0. The highest BCUT2D eigenvalue weighted by Crippen LogP contribution is 2.28. The first kappa shape index (κ1) is 13.9. The Balaban J connectivity index is 2.54. The van der Waals surface area contributed by atoms with Gasteiger partial charge in [0.2, 0.25) is 0 Å². The minimum Gasteiger partial charge on any atom is -0.293 e. The zero-order valence-corrected chi connectivity index (χ0v) is 12.3. The van der Waals surface area contributed by atoms with E-state index >= 15 is 0 Å². The number of sulfone groups is 1. The minimum atomic E-state index is -2.96. The van der Waals surface area contributed by atoms with Gasteiger partial charge in [0.05, 0.1) is 14.4 Å². The molecule has 0 saturated heterocycles. The molecule has 0 radical (unpaired) electrons. The van der Waals surface area contributed by atoms with Crippen molar-refractivity contribution < 1.29 is 13.2 Å². The number of aryl methyl sites for hydroxylation is 1. The summed E-state index contributed by atoms with van der Waals surface area (Å²) in [5.41, 5.74) is 1.04. The number of hydrogen-bond donors (Lipinski definition) is 0. The maximum absolute atomic E-state index is 11.7. The summed E-state index contributed by atoms with van der Waals surface area (Å²) in [7, 11) is -2.96. The summed E-state index contributed by atoms with van der Waals surface area (Å²) in [6.45, 7) is 1.92. The van der Waals surface area contributed by atoms with Crippen molar-refractivity contribution in [2.75, 3.05) is 12.0 Å². The summed E-state index contributed by atoms with van der Waals surface area (Å²) >= 11 is 4.75. The molecule has 0 atom stereocenters. The number of thiophene rings is 1. The normalized spacial score (nSPS) is 11.7. The second kappa shape index (κ2) is 5.42. The van der Waals surface area contributed by atoms with Gasteiger partial charge in [-0.3, -0.25) is 4.79 Å². The fourth-order valence-corrected chi connectivity index (χ4v) is 3.39. The summed E-state index contributed by atoms with van der Waals surface area (Å²) in [6, 6.07) is 1.83. The molecule has 1 heterocycles. The molecule has 0 aliphatic heterocycles. The average molecular weight is 325 g/mol. The maximum Gasteiger partial charge on any atom is 0.172 e. The zero-order valence-electron chi connectivity index (χ0n) is 9.12. The molecule has 0 spiro atoms. The van der Waals surface area contributed by atoms with Crippen molar-refractivity contribution in [1.29, 1.82) is 0 Å². The summed E-state index contributed by atoms with van der Waals surface area (Å²) in [5.74, 6) is 0.0898. The fourth-order valence-electron chi connectivity index (χ4n) is 1.22. The van der Waals surface area contributed by atoms with Gasteiger partial charge in [-0.2, -0.15) is 0 Å². The van der Waals surface area contributed by atoms with Gasteiger partial charge in [0.15, 0.2) is 5.78 Å². The van der Waals surface area contributed by atoms with E-state index in [9.17, 15) is 13.2 Å². The number of rotatable bonds is 5. The van der Waals surface area contributed by atoms with Gasteiger partial charge in [-0.15, -0.1) is 11.3 Å². The summed E-state index contributed by atoms with van der Waals surface area (Å²) in [4.78, 5) is 12.4. The van der Waals surface area contributed by atoms with E-state index in [-0.39, 0.29) is 11.5 Å². The van der Waals surface area contributed by atoms with Crippen molar-refractivity contribution in [3.63, 3.8) is 0 Å².